The standard InChI is InChI=1S/C17H15ClN4O2/c1-24-14-5-3-13(4-6-14)22-17(23)11(9-19)10-21-16-7-2-12(20)8-15(16)18/h2-8,10,21H,20H2,1H3,(H,22,23)/b11-10-. The zero-order valence-corrected chi connectivity index (χ0v) is 13.6. The maximum absolute atomic E-state index is 12.1. The van der Waals surface area contributed by atoms with E-state index in [1.165, 1.54) is 6.20 Å². The van der Waals surface area contributed by atoms with Crippen molar-refractivity contribution < 1.29 is 9.53 Å². The number of nitrogen functional groups attached to an aromatic ring is 1. The summed E-state index contributed by atoms with van der Waals surface area (Å²) < 4.78 is 5.04. The van der Waals surface area contributed by atoms with Gasteiger partial charge in [0.05, 0.1) is 17.8 Å². The van der Waals surface area contributed by atoms with Crippen LogP contribution in [0.5, 0.6) is 5.75 Å². The quantitative estimate of drug-likeness (QED) is 0.439. The summed E-state index contributed by atoms with van der Waals surface area (Å²) >= 11 is 6.03. The molecule has 6 nitrogen and oxygen atoms in total. The van der Waals surface area contributed by atoms with Gasteiger partial charge in [0.15, 0.2) is 0 Å². The topological polar surface area (TPSA) is 100 Å². The van der Waals surface area contributed by atoms with Crippen molar-refractivity contribution in [1.82, 2.24) is 0 Å². The molecule has 0 aliphatic carbocycles. The van der Waals surface area contributed by atoms with E-state index < -0.39 is 5.91 Å². The number of carbonyl (C=O) groups is 1. The Labute approximate surface area is 144 Å². The van der Waals surface area contributed by atoms with Gasteiger partial charge in [-0.3, -0.25) is 4.79 Å². The lowest BCUT2D eigenvalue weighted by Gasteiger charge is -2.07. The first-order chi connectivity index (χ1) is 11.5. The van der Waals surface area contributed by atoms with Crippen LogP contribution in [0.2, 0.25) is 5.02 Å². The van der Waals surface area contributed by atoms with E-state index in [2.05, 4.69) is 10.6 Å². The largest absolute Gasteiger partial charge is 0.497 e. The lowest BCUT2D eigenvalue weighted by Crippen LogP contribution is -2.14. The molecular weight excluding hydrogens is 328 g/mol. The van der Waals surface area contributed by atoms with Crippen LogP contribution in [0.3, 0.4) is 0 Å². The minimum atomic E-state index is -0.540. The van der Waals surface area contributed by atoms with E-state index in [0.717, 1.165) is 0 Å². The number of nitriles is 1. The molecular formula is C17H15ClN4O2. The molecule has 2 aromatic carbocycles. The SMILES string of the molecule is COc1ccc(NC(=O)/C(C#N)=C\Nc2ccc(N)cc2Cl)cc1. The number of nitrogens with zero attached hydrogens (tertiary/aromatic N) is 1. The molecule has 7 heteroatoms. The molecule has 122 valence electrons. The predicted octanol–water partition coefficient (Wildman–Crippen LogP) is 3.39. The number of halogens is 1. The molecule has 24 heavy (non-hydrogen) atoms. The second-order valence-corrected chi connectivity index (χ2v) is 5.14. The lowest BCUT2D eigenvalue weighted by molar-refractivity contribution is -0.112. The van der Waals surface area contributed by atoms with Crippen LogP contribution in [0.1, 0.15) is 0 Å². The van der Waals surface area contributed by atoms with Gasteiger partial charge in [-0.25, -0.2) is 0 Å². The fraction of sp³-hybridized carbons (Fsp3) is 0.0588. The highest BCUT2D eigenvalue weighted by molar-refractivity contribution is 6.33. The van der Waals surface area contributed by atoms with E-state index in [9.17, 15) is 4.79 Å². The number of ether oxygens (including phenoxy) is 1. The van der Waals surface area contributed by atoms with E-state index in [-0.39, 0.29) is 5.57 Å². The van der Waals surface area contributed by atoms with Gasteiger partial charge in [0.25, 0.3) is 5.91 Å². The number of amides is 1. The maximum atomic E-state index is 12.1. The van der Waals surface area contributed by atoms with Gasteiger partial charge in [0, 0.05) is 17.6 Å². The fourth-order valence-corrected chi connectivity index (χ4v) is 2.06. The molecule has 2 aromatic rings. The number of methoxy groups -OCH3 is 1. The Hall–Kier alpha value is -3.17. The first-order valence-corrected chi connectivity index (χ1v) is 7.28. The predicted molar refractivity (Wildman–Crippen MR) is 94.8 cm³/mol. The van der Waals surface area contributed by atoms with Gasteiger partial charge < -0.3 is 21.1 Å². The van der Waals surface area contributed by atoms with Gasteiger partial charge in [-0.05, 0) is 42.5 Å². The molecule has 2 rings (SSSR count). The van der Waals surface area contributed by atoms with Crippen molar-refractivity contribution in [2.45, 2.75) is 0 Å². The molecule has 0 aliphatic heterocycles. The Morgan fingerprint density at radius 3 is 2.58 bits per heavy atom. The van der Waals surface area contributed by atoms with E-state index >= 15 is 0 Å². The van der Waals surface area contributed by atoms with Gasteiger partial charge in [-0.15, -0.1) is 0 Å². The number of carbonyl (C=O) groups excluding carboxylic acids is 1. The van der Waals surface area contributed by atoms with Crippen LogP contribution in [0.25, 0.3) is 0 Å². The van der Waals surface area contributed by atoms with Crippen LogP contribution in [-0.2, 0) is 4.79 Å². The van der Waals surface area contributed by atoms with Gasteiger partial charge in [0.2, 0.25) is 0 Å². The van der Waals surface area contributed by atoms with Crippen molar-refractivity contribution >= 4 is 34.6 Å². The average Bonchev–Trinajstić information content (AvgIpc) is 2.57. The van der Waals surface area contributed by atoms with Crippen molar-refractivity contribution in [1.29, 1.82) is 5.26 Å². The number of benzene rings is 2. The number of anilines is 3. The van der Waals surface area contributed by atoms with Gasteiger partial charge >= 0.3 is 0 Å². The zero-order valence-electron chi connectivity index (χ0n) is 12.8. The third-order valence-electron chi connectivity index (χ3n) is 3.08. The van der Waals surface area contributed by atoms with E-state index in [4.69, 9.17) is 27.3 Å². The van der Waals surface area contributed by atoms with Crippen LogP contribution >= 0.6 is 11.6 Å². The van der Waals surface area contributed by atoms with Gasteiger partial charge in [-0.2, -0.15) is 5.26 Å². The first-order valence-electron chi connectivity index (χ1n) is 6.90. The third kappa shape index (κ3) is 4.41. The van der Waals surface area contributed by atoms with Crippen molar-refractivity contribution in [3.05, 3.63) is 59.3 Å². The highest BCUT2D eigenvalue weighted by Gasteiger charge is 2.10. The molecule has 0 fully saturated rings. The molecule has 0 aromatic heterocycles. The van der Waals surface area contributed by atoms with Crippen LogP contribution in [-0.4, -0.2) is 13.0 Å². The number of nitrogens with two attached hydrogens (primary N) is 1. The highest BCUT2D eigenvalue weighted by Crippen LogP contribution is 2.24. The summed E-state index contributed by atoms with van der Waals surface area (Å²) in [6.45, 7) is 0. The molecule has 0 aliphatic rings. The van der Waals surface area contributed by atoms with Crippen LogP contribution < -0.4 is 21.1 Å². The Morgan fingerprint density at radius 2 is 2.00 bits per heavy atom. The van der Waals surface area contributed by atoms with E-state index in [1.54, 1.807) is 49.6 Å². The monoisotopic (exact) mass is 342 g/mol. The van der Waals surface area contributed by atoms with E-state index in [1.807, 2.05) is 6.07 Å². The molecule has 0 spiro atoms. The Morgan fingerprint density at radius 1 is 1.29 bits per heavy atom. The van der Waals surface area contributed by atoms with Gasteiger partial charge in [-0.1, -0.05) is 11.6 Å². The normalized spacial score (nSPS) is 10.6. The summed E-state index contributed by atoms with van der Waals surface area (Å²) in [7, 11) is 1.55. The minimum Gasteiger partial charge on any atom is -0.497 e. The lowest BCUT2D eigenvalue weighted by atomic mass is 10.2. The molecule has 0 atom stereocenters. The minimum absolute atomic E-state index is 0.0984. The summed E-state index contributed by atoms with van der Waals surface area (Å²) in [5.74, 6) is 0.130. The molecule has 0 radical (unpaired) electrons. The molecule has 1 amide bonds. The van der Waals surface area contributed by atoms with Crippen LogP contribution in [0, 0.1) is 11.3 Å². The number of hydrogen-bond donors (Lipinski definition) is 3. The summed E-state index contributed by atoms with van der Waals surface area (Å²) in [6.07, 6.45) is 1.29. The average molecular weight is 343 g/mol. The Kier molecular flexibility index (Phi) is 5.66. The molecule has 0 unspecified atom stereocenters. The Balaban J connectivity index is 2.08. The summed E-state index contributed by atoms with van der Waals surface area (Å²) in [5, 5.41) is 15.0. The van der Waals surface area contributed by atoms with Crippen molar-refractivity contribution in [3.8, 4) is 11.8 Å². The molecule has 0 heterocycles. The third-order valence-corrected chi connectivity index (χ3v) is 3.39. The molecule has 4 N–H and O–H groups in total. The summed E-state index contributed by atoms with van der Waals surface area (Å²) in [5.41, 5.74) is 7.12. The van der Waals surface area contributed by atoms with Crippen molar-refractivity contribution in [3.63, 3.8) is 0 Å². The molecule has 0 bridgehead atoms. The van der Waals surface area contributed by atoms with Crippen LogP contribution in [0.15, 0.2) is 54.2 Å². The second kappa shape index (κ2) is 7.90. The fourth-order valence-electron chi connectivity index (χ4n) is 1.82. The second-order valence-electron chi connectivity index (χ2n) is 4.74. The summed E-state index contributed by atoms with van der Waals surface area (Å²) in [6, 6.07) is 13.5. The smallest absolute Gasteiger partial charge is 0.267 e. The Bertz CT molecular complexity index is 810. The molecule has 0 saturated heterocycles. The number of nitrogens with one attached hydrogen (secondary N) is 2. The maximum Gasteiger partial charge on any atom is 0.267 e. The van der Waals surface area contributed by atoms with Crippen molar-refractivity contribution in [2.24, 2.45) is 0 Å². The van der Waals surface area contributed by atoms with Crippen LogP contribution in [0.4, 0.5) is 17.1 Å². The summed E-state index contributed by atoms with van der Waals surface area (Å²) in [4.78, 5) is 12.1. The number of hydrogen-bond acceptors (Lipinski definition) is 5. The van der Waals surface area contributed by atoms with E-state index in [0.29, 0.717) is 27.8 Å². The van der Waals surface area contributed by atoms with Gasteiger partial charge in [0.1, 0.15) is 17.4 Å². The number of rotatable bonds is 5. The van der Waals surface area contributed by atoms with Crippen molar-refractivity contribution in [2.75, 3.05) is 23.5 Å². The highest BCUT2D eigenvalue weighted by atomic mass is 35.5. The zero-order chi connectivity index (χ0) is 17.5. The molecule has 0 saturated carbocycles. The first kappa shape index (κ1) is 17.2.